The van der Waals surface area contributed by atoms with Crippen LogP contribution in [0.4, 0.5) is 0 Å². The molecule has 2 rings (SSSR count). The Morgan fingerprint density at radius 2 is 2.28 bits per heavy atom. The minimum absolute atomic E-state index is 0.129. The summed E-state index contributed by atoms with van der Waals surface area (Å²) in [6.45, 7) is 7.79. The molecule has 0 bridgehead atoms. The van der Waals surface area contributed by atoms with Gasteiger partial charge in [0.1, 0.15) is 11.6 Å². The molecule has 140 valence electrons. The molecule has 0 atom stereocenters. The number of guanidine groups is 1. The number of hydrogen-bond acceptors (Lipinski definition) is 5. The van der Waals surface area contributed by atoms with Crippen molar-refractivity contribution in [3.63, 3.8) is 0 Å². The first kappa shape index (κ1) is 19.8. The molecule has 1 aliphatic rings. The molecule has 1 aliphatic heterocycles. The molecule has 2 heterocycles. The highest BCUT2D eigenvalue weighted by atomic mass is 35.5. The Labute approximate surface area is 154 Å². The van der Waals surface area contributed by atoms with Gasteiger partial charge in [-0.05, 0) is 32.9 Å². The summed E-state index contributed by atoms with van der Waals surface area (Å²) in [5.74, 6) is 1.21. The Bertz CT molecular complexity index is 722. The molecular weight excluding hydrogens is 364 g/mol. The summed E-state index contributed by atoms with van der Waals surface area (Å²) >= 11 is 5.99. The van der Waals surface area contributed by atoms with Crippen molar-refractivity contribution in [2.45, 2.75) is 25.5 Å². The third-order valence-electron chi connectivity index (χ3n) is 3.99. The van der Waals surface area contributed by atoms with E-state index in [0.717, 1.165) is 0 Å². The first-order valence-corrected chi connectivity index (χ1v) is 10.3. The fourth-order valence-electron chi connectivity index (χ4n) is 2.52. The van der Waals surface area contributed by atoms with E-state index in [1.165, 1.54) is 0 Å². The Kier molecular flexibility index (Phi) is 6.51. The lowest BCUT2D eigenvalue weighted by Gasteiger charge is -2.39. The Balaban J connectivity index is 1.98. The highest BCUT2D eigenvalue weighted by molar-refractivity contribution is 7.92. The average molecular weight is 389 g/mol. The van der Waals surface area contributed by atoms with Crippen LogP contribution in [0.2, 0.25) is 5.02 Å². The number of rotatable bonds is 5. The van der Waals surface area contributed by atoms with Crippen LogP contribution in [0, 0.1) is 0 Å². The van der Waals surface area contributed by atoms with E-state index in [1.807, 2.05) is 11.8 Å². The van der Waals surface area contributed by atoms with Crippen LogP contribution < -0.4 is 10.1 Å². The third kappa shape index (κ3) is 4.98. The number of ether oxygens (including phenoxy) is 1. The van der Waals surface area contributed by atoms with E-state index in [-0.39, 0.29) is 5.75 Å². The summed E-state index contributed by atoms with van der Waals surface area (Å²) in [5, 5.41) is 3.67. The topological polar surface area (TPSA) is 83.9 Å². The standard InChI is InChI=1S/C16H25ClN4O3S/c1-4-18-15(21-9-11-25(22,23)16(2,3)12-21)20-8-10-24-14-13(17)6-5-7-19-14/h5-7H,4,8-12H2,1-3H3,(H,18,20). The fourth-order valence-corrected chi connectivity index (χ4v) is 4.06. The van der Waals surface area contributed by atoms with E-state index >= 15 is 0 Å². The fraction of sp³-hybridized carbons (Fsp3) is 0.625. The Morgan fingerprint density at radius 3 is 2.92 bits per heavy atom. The molecule has 0 aromatic carbocycles. The lowest BCUT2D eigenvalue weighted by molar-refractivity contribution is 0.313. The van der Waals surface area contributed by atoms with Crippen molar-refractivity contribution in [3.8, 4) is 5.88 Å². The number of nitrogens with zero attached hydrogens (tertiary/aromatic N) is 3. The molecule has 0 aliphatic carbocycles. The van der Waals surface area contributed by atoms with Crippen molar-refractivity contribution in [1.29, 1.82) is 0 Å². The molecule has 7 nitrogen and oxygen atoms in total. The van der Waals surface area contributed by atoms with Crippen molar-refractivity contribution in [1.82, 2.24) is 15.2 Å². The summed E-state index contributed by atoms with van der Waals surface area (Å²) in [6, 6.07) is 3.45. The quantitative estimate of drug-likeness (QED) is 0.468. The SMILES string of the molecule is CCNC(=NCCOc1ncccc1Cl)N1CCS(=O)(=O)C(C)(C)C1. The van der Waals surface area contributed by atoms with Crippen molar-refractivity contribution in [2.75, 3.05) is 38.5 Å². The molecule has 1 N–H and O–H groups in total. The van der Waals surface area contributed by atoms with Crippen molar-refractivity contribution < 1.29 is 13.2 Å². The van der Waals surface area contributed by atoms with Crippen LogP contribution in [-0.4, -0.2) is 67.5 Å². The number of hydrogen-bond donors (Lipinski definition) is 1. The molecule has 0 unspecified atom stereocenters. The molecule has 25 heavy (non-hydrogen) atoms. The number of pyridine rings is 1. The van der Waals surface area contributed by atoms with Gasteiger partial charge in [-0.15, -0.1) is 0 Å². The van der Waals surface area contributed by atoms with Gasteiger partial charge in [0.15, 0.2) is 15.8 Å². The van der Waals surface area contributed by atoms with Gasteiger partial charge in [-0.2, -0.15) is 0 Å². The maximum absolute atomic E-state index is 12.2. The second-order valence-electron chi connectivity index (χ2n) is 6.37. The van der Waals surface area contributed by atoms with Crippen LogP contribution in [0.3, 0.4) is 0 Å². The van der Waals surface area contributed by atoms with Gasteiger partial charge in [-0.25, -0.2) is 18.4 Å². The van der Waals surface area contributed by atoms with E-state index in [1.54, 1.807) is 32.2 Å². The Morgan fingerprint density at radius 1 is 1.52 bits per heavy atom. The largest absolute Gasteiger partial charge is 0.475 e. The summed E-state index contributed by atoms with van der Waals surface area (Å²) < 4.78 is 29.0. The molecule has 1 aromatic heterocycles. The van der Waals surface area contributed by atoms with Crippen molar-refractivity contribution in [2.24, 2.45) is 4.99 Å². The van der Waals surface area contributed by atoms with E-state index in [2.05, 4.69) is 15.3 Å². The summed E-state index contributed by atoms with van der Waals surface area (Å²) in [6.07, 6.45) is 1.62. The van der Waals surface area contributed by atoms with E-state index < -0.39 is 14.6 Å². The van der Waals surface area contributed by atoms with E-state index in [0.29, 0.717) is 49.6 Å². The first-order valence-electron chi connectivity index (χ1n) is 8.26. The third-order valence-corrected chi connectivity index (χ3v) is 6.81. The zero-order chi connectivity index (χ0) is 18.5. The molecule has 0 amide bonds. The maximum atomic E-state index is 12.2. The van der Waals surface area contributed by atoms with Gasteiger partial charge in [0.25, 0.3) is 0 Å². The molecule has 9 heteroatoms. The predicted molar refractivity (Wildman–Crippen MR) is 100 cm³/mol. The van der Waals surface area contributed by atoms with Crippen molar-refractivity contribution >= 4 is 27.4 Å². The lowest BCUT2D eigenvalue weighted by Crippen LogP contribution is -2.57. The minimum atomic E-state index is -3.08. The number of nitrogens with one attached hydrogen (secondary N) is 1. The van der Waals surface area contributed by atoms with Gasteiger partial charge in [0.05, 0.1) is 17.0 Å². The number of aliphatic imine (C=N–C) groups is 1. The number of aromatic nitrogens is 1. The van der Waals surface area contributed by atoms with Crippen LogP contribution in [0.5, 0.6) is 5.88 Å². The van der Waals surface area contributed by atoms with Crippen LogP contribution in [0.1, 0.15) is 20.8 Å². The predicted octanol–water partition coefficient (Wildman–Crippen LogP) is 1.59. The minimum Gasteiger partial charge on any atom is -0.475 e. The van der Waals surface area contributed by atoms with E-state index in [4.69, 9.17) is 16.3 Å². The van der Waals surface area contributed by atoms with Gasteiger partial charge in [-0.1, -0.05) is 11.6 Å². The van der Waals surface area contributed by atoms with Gasteiger partial charge >= 0.3 is 0 Å². The molecular formula is C16H25ClN4O3S. The van der Waals surface area contributed by atoms with E-state index in [9.17, 15) is 8.42 Å². The maximum Gasteiger partial charge on any atom is 0.232 e. The van der Waals surface area contributed by atoms with Gasteiger partial charge in [0, 0.05) is 25.8 Å². The van der Waals surface area contributed by atoms with Gasteiger partial charge in [-0.3, -0.25) is 0 Å². The first-order chi connectivity index (χ1) is 11.8. The smallest absolute Gasteiger partial charge is 0.232 e. The van der Waals surface area contributed by atoms with Crippen LogP contribution in [0.25, 0.3) is 0 Å². The van der Waals surface area contributed by atoms with Gasteiger partial charge in [0.2, 0.25) is 5.88 Å². The molecule has 0 saturated carbocycles. The highest BCUT2D eigenvalue weighted by Gasteiger charge is 2.40. The summed E-state index contributed by atoms with van der Waals surface area (Å²) in [4.78, 5) is 10.6. The highest BCUT2D eigenvalue weighted by Crippen LogP contribution is 2.23. The molecule has 1 saturated heterocycles. The van der Waals surface area contributed by atoms with Gasteiger partial charge < -0.3 is 15.0 Å². The Hall–Kier alpha value is -1.54. The normalized spacial score (nSPS) is 19.5. The molecule has 0 radical (unpaired) electrons. The zero-order valence-corrected chi connectivity index (χ0v) is 16.4. The van der Waals surface area contributed by atoms with Crippen LogP contribution in [-0.2, 0) is 9.84 Å². The average Bonchev–Trinajstić information content (AvgIpc) is 2.54. The second kappa shape index (κ2) is 8.23. The molecule has 0 spiro atoms. The molecule has 1 aromatic rings. The van der Waals surface area contributed by atoms with Crippen molar-refractivity contribution in [3.05, 3.63) is 23.4 Å². The zero-order valence-electron chi connectivity index (χ0n) is 14.8. The summed E-state index contributed by atoms with van der Waals surface area (Å²) in [5.41, 5.74) is 0. The summed E-state index contributed by atoms with van der Waals surface area (Å²) in [7, 11) is -3.08. The number of halogens is 1. The lowest BCUT2D eigenvalue weighted by atomic mass is 10.2. The van der Waals surface area contributed by atoms with Crippen LogP contribution >= 0.6 is 11.6 Å². The number of sulfone groups is 1. The molecule has 1 fully saturated rings. The van der Waals surface area contributed by atoms with Crippen LogP contribution in [0.15, 0.2) is 23.3 Å². The monoisotopic (exact) mass is 388 g/mol. The second-order valence-corrected chi connectivity index (χ2v) is 9.52.